The van der Waals surface area contributed by atoms with Crippen LogP contribution in [-0.2, 0) is 13.1 Å². The van der Waals surface area contributed by atoms with Crippen molar-refractivity contribution in [1.29, 1.82) is 0 Å². The van der Waals surface area contributed by atoms with Gasteiger partial charge in [0.25, 0.3) is 0 Å². The fourth-order valence-electron chi connectivity index (χ4n) is 4.27. The summed E-state index contributed by atoms with van der Waals surface area (Å²) in [6.07, 6.45) is -0.371. The average Bonchev–Trinajstić information content (AvgIpc) is 3.10. The first-order valence-corrected chi connectivity index (χ1v) is 9.90. The normalized spacial score (nSPS) is 18.9. The molecule has 6 heteroatoms. The van der Waals surface area contributed by atoms with Crippen LogP contribution < -0.4 is 9.64 Å². The molecule has 1 atom stereocenters. The number of aliphatic hydroxyl groups is 1. The predicted molar refractivity (Wildman–Crippen MR) is 108 cm³/mol. The molecule has 2 aliphatic heterocycles. The zero-order chi connectivity index (χ0) is 19.5. The standard InChI is InChI=1S/C22H28FN3O2/c1-28-22-7-6-19(23)12-21(22)26-10-8-24(9-11-26)15-20(27)16-25-13-17-4-2-3-5-18(17)14-25/h2-7,12,20,27H,8-11,13-16H2,1H3. The quantitative estimate of drug-likeness (QED) is 0.826. The predicted octanol–water partition coefficient (Wildman–Crippen LogP) is 2.33. The first kappa shape index (κ1) is 19.2. The fraction of sp³-hybridized carbons (Fsp3) is 0.455. The lowest BCUT2D eigenvalue weighted by Gasteiger charge is -2.37. The number of nitrogens with zero attached hydrogens (tertiary/aromatic N) is 3. The zero-order valence-electron chi connectivity index (χ0n) is 16.4. The lowest BCUT2D eigenvalue weighted by atomic mass is 10.1. The molecule has 1 fully saturated rings. The molecule has 0 aromatic heterocycles. The molecule has 0 bridgehead atoms. The minimum Gasteiger partial charge on any atom is -0.495 e. The lowest BCUT2D eigenvalue weighted by Crippen LogP contribution is -2.50. The first-order chi connectivity index (χ1) is 13.6. The monoisotopic (exact) mass is 385 g/mol. The van der Waals surface area contributed by atoms with Gasteiger partial charge < -0.3 is 14.7 Å². The van der Waals surface area contributed by atoms with E-state index < -0.39 is 0 Å². The SMILES string of the molecule is COc1ccc(F)cc1N1CCN(CC(O)CN2Cc3ccccc3C2)CC1. The second-order valence-electron chi connectivity index (χ2n) is 7.70. The number of β-amino-alcohol motifs (C(OH)–C–C–N with tert-alkyl or cyclic N) is 1. The molecule has 1 unspecified atom stereocenters. The summed E-state index contributed by atoms with van der Waals surface area (Å²) in [4.78, 5) is 6.75. The second kappa shape index (κ2) is 8.47. The van der Waals surface area contributed by atoms with E-state index in [1.54, 1.807) is 13.2 Å². The number of methoxy groups -OCH3 is 1. The van der Waals surface area contributed by atoms with Crippen molar-refractivity contribution >= 4 is 5.69 Å². The van der Waals surface area contributed by atoms with Gasteiger partial charge in [0.05, 0.1) is 18.9 Å². The largest absolute Gasteiger partial charge is 0.495 e. The van der Waals surface area contributed by atoms with Crippen molar-refractivity contribution in [2.45, 2.75) is 19.2 Å². The molecule has 0 radical (unpaired) electrons. The number of fused-ring (bicyclic) bond motifs is 1. The summed E-state index contributed by atoms with van der Waals surface area (Å²) >= 11 is 0. The Morgan fingerprint density at radius 1 is 0.964 bits per heavy atom. The number of benzene rings is 2. The summed E-state index contributed by atoms with van der Waals surface area (Å²) in [6, 6.07) is 13.1. The van der Waals surface area contributed by atoms with E-state index in [2.05, 4.69) is 39.0 Å². The number of rotatable bonds is 6. The number of aliphatic hydroxyl groups excluding tert-OH is 1. The molecule has 2 aromatic rings. The third kappa shape index (κ3) is 4.29. The van der Waals surface area contributed by atoms with Gasteiger partial charge in [-0.2, -0.15) is 0 Å². The van der Waals surface area contributed by atoms with Gasteiger partial charge in [-0.1, -0.05) is 24.3 Å². The maximum Gasteiger partial charge on any atom is 0.142 e. The van der Waals surface area contributed by atoms with Gasteiger partial charge in [-0.15, -0.1) is 0 Å². The van der Waals surface area contributed by atoms with Crippen LogP contribution in [0.5, 0.6) is 5.75 Å². The third-order valence-corrected chi connectivity index (χ3v) is 5.70. The van der Waals surface area contributed by atoms with Crippen molar-refractivity contribution < 1.29 is 14.2 Å². The van der Waals surface area contributed by atoms with Crippen LogP contribution in [0.2, 0.25) is 0 Å². The molecule has 4 rings (SSSR count). The Morgan fingerprint density at radius 3 is 2.25 bits per heavy atom. The van der Waals surface area contributed by atoms with Gasteiger partial charge >= 0.3 is 0 Å². The van der Waals surface area contributed by atoms with Gasteiger partial charge in [-0.3, -0.25) is 9.80 Å². The van der Waals surface area contributed by atoms with E-state index in [4.69, 9.17) is 4.74 Å². The Labute approximate surface area is 165 Å². The van der Waals surface area contributed by atoms with Gasteiger partial charge in [0.2, 0.25) is 0 Å². The van der Waals surface area contributed by atoms with Crippen LogP contribution >= 0.6 is 0 Å². The van der Waals surface area contributed by atoms with Crippen molar-refractivity contribution in [2.75, 3.05) is 51.3 Å². The molecule has 0 aliphatic carbocycles. The van der Waals surface area contributed by atoms with E-state index >= 15 is 0 Å². The number of halogens is 1. The van der Waals surface area contributed by atoms with Crippen LogP contribution in [0.3, 0.4) is 0 Å². The number of hydrogen-bond acceptors (Lipinski definition) is 5. The highest BCUT2D eigenvalue weighted by Gasteiger charge is 2.24. The molecule has 2 heterocycles. The molecule has 0 spiro atoms. The third-order valence-electron chi connectivity index (χ3n) is 5.70. The number of ether oxygens (including phenoxy) is 1. The summed E-state index contributed by atoms with van der Waals surface area (Å²) in [6.45, 7) is 6.46. The van der Waals surface area contributed by atoms with E-state index in [0.29, 0.717) is 18.8 Å². The first-order valence-electron chi connectivity index (χ1n) is 9.90. The summed E-state index contributed by atoms with van der Waals surface area (Å²) in [7, 11) is 1.61. The van der Waals surface area contributed by atoms with E-state index in [1.807, 2.05) is 0 Å². The van der Waals surface area contributed by atoms with Gasteiger partial charge in [0, 0.05) is 58.4 Å². The topological polar surface area (TPSA) is 39.2 Å². The smallest absolute Gasteiger partial charge is 0.142 e. The van der Waals surface area contributed by atoms with Crippen molar-refractivity contribution in [2.24, 2.45) is 0 Å². The van der Waals surface area contributed by atoms with Gasteiger partial charge in [-0.05, 0) is 23.3 Å². The highest BCUT2D eigenvalue weighted by Crippen LogP contribution is 2.29. The van der Waals surface area contributed by atoms with E-state index in [-0.39, 0.29) is 11.9 Å². The molecule has 1 saturated heterocycles. The van der Waals surface area contributed by atoms with Crippen LogP contribution in [0.25, 0.3) is 0 Å². The number of piperazine rings is 1. The van der Waals surface area contributed by atoms with Crippen molar-refractivity contribution in [3.05, 3.63) is 59.4 Å². The fourth-order valence-corrected chi connectivity index (χ4v) is 4.27. The molecule has 0 amide bonds. The molecule has 2 aromatic carbocycles. The Morgan fingerprint density at radius 2 is 1.61 bits per heavy atom. The highest BCUT2D eigenvalue weighted by atomic mass is 19.1. The van der Waals surface area contributed by atoms with Crippen LogP contribution in [0, 0.1) is 5.82 Å². The van der Waals surface area contributed by atoms with Gasteiger partial charge in [-0.25, -0.2) is 4.39 Å². The van der Waals surface area contributed by atoms with E-state index in [0.717, 1.165) is 45.0 Å². The minimum atomic E-state index is -0.371. The van der Waals surface area contributed by atoms with Crippen molar-refractivity contribution in [3.8, 4) is 5.75 Å². The maximum absolute atomic E-state index is 13.6. The summed E-state index contributed by atoms with van der Waals surface area (Å²) in [5.41, 5.74) is 3.54. The van der Waals surface area contributed by atoms with Crippen molar-refractivity contribution in [1.82, 2.24) is 9.80 Å². The van der Waals surface area contributed by atoms with Crippen LogP contribution in [-0.4, -0.2) is 67.4 Å². The minimum absolute atomic E-state index is 0.250. The molecule has 5 nitrogen and oxygen atoms in total. The van der Waals surface area contributed by atoms with Gasteiger partial charge in [0.1, 0.15) is 11.6 Å². The van der Waals surface area contributed by atoms with Crippen LogP contribution in [0.15, 0.2) is 42.5 Å². The lowest BCUT2D eigenvalue weighted by molar-refractivity contribution is 0.0707. The van der Waals surface area contributed by atoms with Gasteiger partial charge in [0.15, 0.2) is 0 Å². The number of anilines is 1. The molecule has 150 valence electrons. The Hall–Kier alpha value is -2.15. The average molecular weight is 385 g/mol. The molecular weight excluding hydrogens is 357 g/mol. The van der Waals surface area contributed by atoms with Crippen molar-refractivity contribution in [3.63, 3.8) is 0 Å². The molecular formula is C22H28FN3O2. The Kier molecular flexibility index (Phi) is 5.80. The molecule has 28 heavy (non-hydrogen) atoms. The van der Waals surface area contributed by atoms with Crippen LogP contribution in [0.1, 0.15) is 11.1 Å². The summed E-state index contributed by atoms with van der Waals surface area (Å²) in [5, 5.41) is 10.6. The highest BCUT2D eigenvalue weighted by molar-refractivity contribution is 5.59. The molecule has 1 N–H and O–H groups in total. The molecule has 2 aliphatic rings. The number of hydrogen-bond donors (Lipinski definition) is 1. The van der Waals surface area contributed by atoms with E-state index in [1.165, 1.54) is 23.3 Å². The maximum atomic E-state index is 13.6. The van der Waals surface area contributed by atoms with Crippen LogP contribution in [0.4, 0.5) is 10.1 Å². The Balaban J connectivity index is 1.26. The summed E-state index contributed by atoms with van der Waals surface area (Å²) < 4.78 is 19.0. The molecule has 0 saturated carbocycles. The second-order valence-corrected chi connectivity index (χ2v) is 7.70. The summed E-state index contributed by atoms with van der Waals surface area (Å²) in [5.74, 6) is 0.448. The van der Waals surface area contributed by atoms with E-state index in [9.17, 15) is 9.50 Å². The zero-order valence-corrected chi connectivity index (χ0v) is 16.4. The Bertz CT molecular complexity index is 783.